The van der Waals surface area contributed by atoms with Gasteiger partial charge in [-0.15, -0.1) is 11.3 Å². The van der Waals surface area contributed by atoms with Gasteiger partial charge in [-0.05, 0) is 19.1 Å². The lowest BCUT2D eigenvalue weighted by atomic mass is 10.2. The Morgan fingerprint density at radius 1 is 1.23 bits per heavy atom. The summed E-state index contributed by atoms with van der Waals surface area (Å²) in [6.45, 7) is 2.00. The SMILES string of the molecule is Cc1csc(-c2cccc(Nc3ncnc4[nH]ncc34)c2)n1. The summed E-state index contributed by atoms with van der Waals surface area (Å²) < 4.78 is 0. The Morgan fingerprint density at radius 3 is 3.05 bits per heavy atom. The maximum absolute atomic E-state index is 4.52. The summed E-state index contributed by atoms with van der Waals surface area (Å²) in [5.41, 5.74) is 3.78. The van der Waals surface area contributed by atoms with Crippen LogP contribution in [0.4, 0.5) is 11.5 Å². The number of H-pyrrole nitrogens is 1. The monoisotopic (exact) mass is 308 g/mol. The van der Waals surface area contributed by atoms with Crippen molar-refractivity contribution in [3.63, 3.8) is 0 Å². The maximum atomic E-state index is 4.52. The van der Waals surface area contributed by atoms with Gasteiger partial charge in [0.25, 0.3) is 0 Å². The third-order valence-corrected chi connectivity index (χ3v) is 4.25. The molecule has 0 radical (unpaired) electrons. The van der Waals surface area contributed by atoms with Crippen LogP contribution in [0.25, 0.3) is 21.6 Å². The van der Waals surface area contributed by atoms with E-state index in [0.29, 0.717) is 5.65 Å². The average Bonchev–Trinajstić information content (AvgIpc) is 3.17. The highest BCUT2D eigenvalue weighted by Crippen LogP contribution is 2.28. The van der Waals surface area contributed by atoms with Gasteiger partial charge < -0.3 is 5.32 Å². The number of nitrogens with one attached hydrogen (secondary N) is 2. The van der Waals surface area contributed by atoms with Crippen molar-refractivity contribution < 1.29 is 0 Å². The molecule has 0 saturated heterocycles. The first-order valence-corrected chi connectivity index (χ1v) is 7.61. The third kappa shape index (κ3) is 2.31. The topological polar surface area (TPSA) is 79.4 Å². The molecule has 6 nitrogen and oxygen atoms in total. The highest BCUT2D eigenvalue weighted by atomic mass is 32.1. The first-order valence-electron chi connectivity index (χ1n) is 6.73. The molecule has 0 unspecified atom stereocenters. The molecule has 3 aromatic heterocycles. The first-order chi connectivity index (χ1) is 10.8. The van der Waals surface area contributed by atoms with Gasteiger partial charge in [-0.1, -0.05) is 12.1 Å². The van der Waals surface area contributed by atoms with E-state index in [1.807, 2.05) is 19.1 Å². The fourth-order valence-corrected chi connectivity index (χ4v) is 3.01. The third-order valence-electron chi connectivity index (χ3n) is 3.24. The van der Waals surface area contributed by atoms with E-state index < -0.39 is 0 Å². The Kier molecular flexibility index (Phi) is 3.05. The summed E-state index contributed by atoms with van der Waals surface area (Å²) in [5.74, 6) is 0.728. The molecule has 2 N–H and O–H groups in total. The van der Waals surface area contributed by atoms with E-state index in [4.69, 9.17) is 0 Å². The van der Waals surface area contributed by atoms with Gasteiger partial charge in [-0.25, -0.2) is 15.0 Å². The smallest absolute Gasteiger partial charge is 0.160 e. The minimum Gasteiger partial charge on any atom is -0.339 e. The van der Waals surface area contributed by atoms with Crippen LogP contribution >= 0.6 is 11.3 Å². The first kappa shape index (κ1) is 12.9. The maximum Gasteiger partial charge on any atom is 0.160 e. The lowest BCUT2D eigenvalue weighted by Gasteiger charge is -2.07. The molecular weight excluding hydrogens is 296 g/mol. The van der Waals surface area contributed by atoms with Gasteiger partial charge in [0.15, 0.2) is 5.65 Å². The van der Waals surface area contributed by atoms with E-state index >= 15 is 0 Å². The Bertz CT molecular complexity index is 942. The van der Waals surface area contributed by atoms with Crippen LogP contribution in [0.1, 0.15) is 5.69 Å². The minimum absolute atomic E-state index is 0.712. The van der Waals surface area contributed by atoms with E-state index in [2.05, 4.69) is 48.0 Å². The predicted octanol–water partition coefficient (Wildman–Crippen LogP) is 3.53. The number of aromatic nitrogens is 5. The van der Waals surface area contributed by atoms with Crippen molar-refractivity contribution in [2.75, 3.05) is 5.32 Å². The van der Waals surface area contributed by atoms with Crippen LogP contribution in [0.5, 0.6) is 0 Å². The van der Waals surface area contributed by atoms with E-state index in [-0.39, 0.29) is 0 Å². The highest BCUT2D eigenvalue weighted by Gasteiger charge is 2.07. The zero-order valence-electron chi connectivity index (χ0n) is 11.7. The zero-order chi connectivity index (χ0) is 14.9. The number of hydrogen-bond donors (Lipinski definition) is 2. The van der Waals surface area contributed by atoms with Gasteiger partial charge in [-0.3, -0.25) is 5.10 Å². The standard InChI is InChI=1S/C15H12N6S/c1-9-7-22-15(19-9)10-3-2-4-11(5-10)20-13-12-6-18-21-14(12)17-8-16-13/h2-8H,1H3,(H2,16,17,18,20,21). The molecule has 4 aromatic rings. The fourth-order valence-electron chi connectivity index (χ4n) is 2.22. The molecule has 108 valence electrons. The molecule has 7 heteroatoms. The number of fused-ring (bicyclic) bond motifs is 1. The lowest BCUT2D eigenvalue weighted by molar-refractivity contribution is 1.09. The molecule has 0 aliphatic heterocycles. The predicted molar refractivity (Wildman–Crippen MR) is 87.3 cm³/mol. The second kappa shape index (κ2) is 5.19. The van der Waals surface area contributed by atoms with Crippen molar-refractivity contribution >= 4 is 33.9 Å². The molecule has 0 bridgehead atoms. The van der Waals surface area contributed by atoms with Gasteiger partial charge in [-0.2, -0.15) is 5.10 Å². The lowest BCUT2D eigenvalue weighted by Crippen LogP contribution is -1.95. The Morgan fingerprint density at radius 2 is 2.18 bits per heavy atom. The van der Waals surface area contributed by atoms with E-state index in [0.717, 1.165) is 33.2 Å². The van der Waals surface area contributed by atoms with Crippen molar-refractivity contribution in [2.24, 2.45) is 0 Å². The highest BCUT2D eigenvalue weighted by molar-refractivity contribution is 7.13. The van der Waals surface area contributed by atoms with Crippen LogP contribution in [0, 0.1) is 6.92 Å². The average molecular weight is 308 g/mol. The summed E-state index contributed by atoms with van der Waals surface area (Å²) >= 11 is 1.64. The minimum atomic E-state index is 0.712. The molecule has 0 atom stereocenters. The molecule has 1 aromatic carbocycles. The Balaban J connectivity index is 1.70. The van der Waals surface area contributed by atoms with E-state index in [9.17, 15) is 0 Å². The number of aromatic amines is 1. The van der Waals surface area contributed by atoms with Crippen molar-refractivity contribution in [3.05, 3.63) is 47.9 Å². The van der Waals surface area contributed by atoms with Gasteiger partial charge in [0.1, 0.15) is 17.2 Å². The second-order valence-electron chi connectivity index (χ2n) is 4.85. The molecule has 0 aliphatic carbocycles. The van der Waals surface area contributed by atoms with Crippen molar-refractivity contribution in [3.8, 4) is 10.6 Å². The molecule has 0 saturated carbocycles. The molecular formula is C15H12N6S. The fraction of sp³-hybridized carbons (Fsp3) is 0.0667. The second-order valence-corrected chi connectivity index (χ2v) is 5.71. The normalized spacial score (nSPS) is 11.0. The van der Waals surface area contributed by atoms with Crippen LogP contribution in [-0.4, -0.2) is 25.1 Å². The van der Waals surface area contributed by atoms with Gasteiger partial charge >= 0.3 is 0 Å². The number of thiazole rings is 1. The quantitative estimate of drug-likeness (QED) is 0.605. The summed E-state index contributed by atoms with van der Waals surface area (Å²) in [6.07, 6.45) is 3.22. The molecule has 3 heterocycles. The van der Waals surface area contributed by atoms with Gasteiger partial charge in [0, 0.05) is 22.3 Å². The number of benzene rings is 1. The van der Waals surface area contributed by atoms with Crippen molar-refractivity contribution in [2.45, 2.75) is 6.92 Å². The molecule has 0 fully saturated rings. The van der Waals surface area contributed by atoms with Gasteiger partial charge in [0.2, 0.25) is 0 Å². The Hall–Kier alpha value is -2.80. The molecule has 0 aliphatic rings. The largest absolute Gasteiger partial charge is 0.339 e. The van der Waals surface area contributed by atoms with E-state index in [1.54, 1.807) is 17.5 Å². The summed E-state index contributed by atoms with van der Waals surface area (Å²) in [7, 11) is 0. The number of nitrogens with zero attached hydrogens (tertiary/aromatic N) is 4. The number of rotatable bonds is 3. The van der Waals surface area contributed by atoms with Crippen molar-refractivity contribution in [1.82, 2.24) is 25.1 Å². The van der Waals surface area contributed by atoms with Crippen LogP contribution < -0.4 is 5.32 Å². The molecule has 22 heavy (non-hydrogen) atoms. The summed E-state index contributed by atoms with van der Waals surface area (Å²) in [5, 5.41) is 14.1. The van der Waals surface area contributed by atoms with Crippen LogP contribution in [0.2, 0.25) is 0 Å². The summed E-state index contributed by atoms with van der Waals surface area (Å²) in [6, 6.07) is 8.11. The Labute approximate surface area is 130 Å². The van der Waals surface area contributed by atoms with Gasteiger partial charge in [0.05, 0.1) is 11.6 Å². The molecule has 0 amide bonds. The molecule has 4 rings (SSSR count). The number of hydrogen-bond acceptors (Lipinski definition) is 6. The van der Waals surface area contributed by atoms with Crippen LogP contribution in [0.15, 0.2) is 42.2 Å². The number of aryl methyl sites for hydroxylation is 1. The zero-order valence-corrected chi connectivity index (χ0v) is 12.6. The van der Waals surface area contributed by atoms with Crippen LogP contribution in [0.3, 0.4) is 0 Å². The molecule has 0 spiro atoms. The van der Waals surface area contributed by atoms with Crippen LogP contribution in [-0.2, 0) is 0 Å². The number of anilines is 2. The van der Waals surface area contributed by atoms with Crippen molar-refractivity contribution in [1.29, 1.82) is 0 Å². The van der Waals surface area contributed by atoms with E-state index in [1.165, 1.54) is 6.33 Å². The summed E-state index contributed by atoms with van der Waals surface area (Å²) in [4.78, 5) is 12.9.